The fourth-order valence-corrected chi connectivity index (χ4v) is 6.89. The molecule has 1 aliphatic carbocycles. The van der Waals surface area contributed by atoms with Crippen LogP contribution in [0.2, 0.25) is 0 Å². The summed E-state index contributed by atoms with van der Waals surface area (Å²) in [4.78, 5) is 26.2. The summed E-state index contributed by atoms with van der Waals surface area (Å²) in [6.07, 6.45) is 2.26. The molecule has 5 rings (SSSR count). The molecular formula is C23H26N4O4S2. The number of aromatic nitrogens is 2. The smallest absolute Gasteiger partial charge is 0.264 e. The Balaban J connectivity index is 1.33. The molecule has 2 aromatic heterocycles. The monoisotopic (exact) mass is 486 g/mol. The third-order valence-electron chi connectivity index (χ3n) is 6.35. The number of aryl methyl sites for hydroxylation is 2. The van der Waals surface area contributed by atoms with Gasteiger partial charge in [-0.2, -0.15) is 4.31 Å². The minimum atomic E-state index is -3.62. The molecule has 0 bridgehead atoms. The molecule has 0 N–H and O–H groups in total. The maximum Gasteiger partial charge on any atom is 0.264 e. The van der Waals surface area contributed by atoms with Crippen molar-refractivity contribution >= 4 is 37.5 Å². The van der Waals surface area contributed by atoms with E-state index in [0.717, 1.165) is 40.1 Å². The van der Waals surface area contributed by atoms with Gasteiger partial charge in [-0.1, -0.05) is 0 Å². The second-order valence-electron chi connectivity index (χ2n) is 8.55. The normalized spacial score (nSPS) is 17.5. The van der Waals surface area contributed by atoms with Gasteiger partial charge in [0.2, 0.25) is 10.0 Å². The van der Waals surface area contributed by atoms with Crippen LogP contribution in [0, 0.1) is 13.8 Å². The highest BCUT2D eigenvalue weighted by atomic mass is 32.2. The molecule has 2 fully saturated rings. The van der Waals surface area contributed by atoms with Crippen molar-refractivity contribution in [3.8, 4) is 5.75 Å². The maximum atomic E-state index is 13.3. The summed E-state index contributed by atoms with van der Waals surface area (Å²) in [5.74, 6) is 1.88. The number of rotatable bonds is 5. The lowest BCUT2D eigenvalue weighted by Crippen LogP contribution is -2.50. The molecule has 1 amide bonds. The molecule has 0 radical (unpaired) electrons. The van der Waals surface area contributed by atoms with Crippen molar-refractivity contribution in [2.45, 2.75) is 37.5 Å². The van der Waals surface area contributed by atoms with Gasteiger partial charge in [-0.25, -0.2) is 18.4 Å². The maximum absolute atomic E-state index is 13.3. The Morgan fingerprint density at radius 3 is 2.33 bits per heavy atom. The zero-order valence-electron chi connectivity index (χ0n) is 18.9. The van der Waals surface area contributed by atoms with Crippen LogP contribution in [-0.2, 0) is 10.0 Å². The molecule has 1 aromatic carbocycles. The first kappa shape index (κ1) is 22.2. The Morgan fingerprint density at radius 1 is 1.06 bits per heavy atom. The van der Waals surface area contributed by atoms with Crippen LogP contribution >= 0.6 is 11.3 Å². The number of sulfonamides is 1. The van der Waals surface area contributed by atoms with E-state index >= 15 is 0 Å². The van der Waals surface area contributed by atoms with Gasteiger partial charge in [-0.05, 0) is 56.5 Å². The summed E-state index contributed by atoms with van der Waals surface area (Å²) in [7, 11) is -2.08. The number of hydrogen-bond donors (Lipinski definition) is 0. The Morgan fingerprint density at radius 2 is 1.73 bits per heavy atom. The van der Waals surface area contributed by atoms with Crippen molar-refractivity contribution in [1.29, 1.82) is 0 Å². The van der Waals surface area contributed by atoms with Crippen molar-refractivity contribution in [2.24, 2.45) is 0 Å². The van der Waals surface area contributed by atoms with Crippen molar-refractivity contribution in [1.82, 2.24) is 19.2 Å². The number of nitrogens with zero attached hydrogens (tertiary/aromatic N) is 4. The molecule has 0 unspecified atom stereocenters. The number of hydrogen-bond acceptors (Lipinski definition) is 7. The van der Waals surface area contributed by atoms with E-state index in [1.165, 1.54) is 22.8 Å². The first-order valence-corrected chi connectivity index (χ1v) is 13.3. The molecule has 33 heavy (non-hydrogen) atoms. The number of benzene rings is 1. The fourth-order valence-electron chi connectivity index (χ4n) is 4.26. The topological polar surface area (TPSA) is 92.7 Å². The van der Waals surface area contributed by atoms with Crippen LogP contribution in [-0.4, -0.2) is 66.8 Å². The van der Waals surface area contributed by atoms with Crippen LogP contribution in [0.25, 0.3) is 10.2 Å². The van der Waals surface area contributed by atoms with Crippen LogP contribution in [0.15, 0.2) is 29.2 Å². The van der Waals surface area contributed by atoms with E-state index in [2.05, 4.69) is 4.98 Å². The molecule has 2 aliphatic rings. The number of ether oxygens (including phenoxy) is 1. The molecular weight excluding hydrogens is 460 g/mol. The Hall–Kier alpha value is -2.56. The first-order chi connectivity index (χ1) is 15.8. The molecule has 0 atom stereocenters. The van der Waals surface area contributed by atoms with E-state index in [1.54, 1.807) is 29.2 Å². The van der Waals surface area contributed by atoms with Gasteiger partial charge in [0, 0.05) is 37.5 Å². The number of fused-ring (bicyclic) bond motifs is 1. The standard InChI is InChI=1S/C23H26N4O4S2/c1-14-19-15(2)24-21(16-4-5-16)25-22(19)32-20(14)23(28)26-10-12-27(13-11-26)33(29,30)18-8-6-17(31-3)7-9-18/h6-9,16H,4-5,10-13H2,1-3H3. The molecule has 1 saturated heterocycles. The molecule has 174 valence electrons. The highest BCUT2D eigenvalue weighted by Gasteiger charge is 2.33. The summed E-state index contributed by atoms with van der Waals surface area (Å²) in [5, 5.41) is 0.966. The van der Waals surface area contributed by atoms with E-state index in [1.807, 2.05) is 13.8 Å². The average molecular weight is 487 g/mol. The highest BCUT2D eigenvalue weighted by molar-refractivity contribution is 7.89. The lowest BCUT2D eigenvalue weighted by Gasteiger charge is -2.34. The highest BCUT2D eigenvalue weighted by Crippen LogP contribution is 2.40. The second-order valence-corrected chi connectivity index (χ2v) is 11.5. The van der Waals surface area contributed by atoms with Gasteiger partial charge in [0.25, 0.3) is 5.91 Å². The molecule has 10 heteroatoms. The van der Waals surface area contributed by atoms with Crippen molar-refractivity contribution in [3.05, 3.63) is 46.2 Å². The number of piperazine rings is 1. The Labute approximate surface area is 197 Å². The van der Waals surface area contributed by atoms with Gasteiger partial charge >= 0.3 is 0 Å². The zero-order chi connectivity index (χ0) is 23.3. The van der Waals surface area contributed by atoms with Crippen molar-refractivity contribution in [3.63, 3.8) is 0 Å². The summed E-state index contributed by atoms with van der Waals surface area (Å²) in [6.45, 7) is 5.14. The second kappa shape index (κ2) is 8.34. The molecule has 3 heterocycles. The molecule has 1 aliphatic heterocycles. The van der Waals surface area contributed by atoms with E-state index in [9.17, 15) is 13.2 Å². The van der Waals surface area contributed by atoms with E-state index < -0.39 is 10.0 Å². The van der Waals surface area contributed by atoms with Crippen molar-refractivity contribution in [2.75, 3.05) is 33.3 Å². The largest absolute Gasteiger partial charge is 0.497 e. The van der Waals surface area contributed by atoms with E-state index in [4.69, 9.17) is 9.72 Å². The van der Waals surface area contributed by atoms with E-state index in [-0.39, 0.29) is 23.9 Å². The zero-order valence-corrected chi connectivity index (χ0v) is 20.5. The van der Waals surface area contributed by atoms with Crippen LogP contribution in [0.1, 0.15) is 45.5 Å². The Kier molecular flexibility index (Phi) is 5.62. The lowest BCUT2D eigenvalue weighted by molar-refractivity contribution is 0.0702. The molecule has 3 aromatic rings. The van der Waals surface area contributed by atoms with Crippen molar-refractivity contribution < 1.29 is 17.9 Å². The number of amides is 1. The third-order valence-corrected chi connectivity index (χ3v) is 9.43. The summed E-state index contributed by atoms with van der Waals surface area (Å²) < 4.78 is 32.6. The van der Waals surface area contributed by atoms with Gasteiger partial charge in [0.1, 0.15) is 16.4 Å². The van der Waals surface area contributed by atoms with Gasteiger partial charge in [-0.3, -0.25) is 4.79 Å². The quantitative estimate of drug-likeness (QED) is 0.549. The third kappa shape index (κ3) is 4.00. The van der Waals surface area contributed by atoms with Crippen LogP contribution in [0.3, 0.4) is 0 Å². The van der Waals surface area contributed by atoms with E-state index in [0.29, 0.717) is 29.6 Å². The fraction of sp³-hybridized carbons (Fsp3) is 0.435. The van der Waals surface area contributed by atoms with Crippen LogP contribution in [0.4, 0.5) is 0 Å². The Bertz CT molecular complexity index is 1320. The minimum absolute atomic E-state index is 0.0654. The minimum Gasteiger partial charge on any atom is -0.497 e. The lowest BCUT2D eigenvalue weighted by atomic mass is 10.1. The molecule has 1 saturated carbocycles. The van der Waals surface area contributed by atoms with Crippen LogP contribution in [0.5, 0.6) is 5.75 Å². The summed E-state index contributed by atoms with van der Waals surface area (Å²) in [5.41, 5.74) is 1.83. The van der Waals surface area contributed by atoms with Gasteiger partial charge < -0.3 is 9.64 Å². The predicted octanol–water partition coefficient (Wildman–Crippen LogP) is 3.34. The number of carbonyl (C=O) groups excluding carboxylic acids is 1. The number of thiophene rings is 1. The summed E-state index contributed by atoms with van der Waals surface area (Å²) in [6, 6.07) is 6.36. The number of carbonyl (C=O) groups is 1. The van der Waals surface area contributed by atoms with Gasteiger partial charge in [0.05, 0.1) is 22.6 Å². The average Bonchev–Trinajstić information content (AvgIpc) is 3.62. The summed E-state index contributed by atoms with van der Waals surface area (Å²) >= 11 is 1.42. The molecule has 8 nitrogen and oxygen atoms in total. The van der Waals surface area contributed by atoms with Crippen LogP contribution < -0.4 is 4.74 Å². The molecule has 0 spiro atoms. The number of methoxy groups -OCH3 is 1. The predicted molar refractivity (Wildman–Crippen MR) is 127 cm³/mol. The van der Waals surface area contributed by atoms with Gasteiger partial charge in [-0.15, -0.1) is 11.3 Å². The first-order valence-electron chi connectivity index (χ1n) is 11.0. The van der Waals surface area contributed by atoms with Gasteiger partial charge in [0.15, 0.2) is 0 Å². The SMILES string of the molecule is COc1ccc(S(=O)(=O)N2CCN(C(=O)c3sc4nc(C5CC5)nc(C)c4c3C)CC2)cc1.